The van der Waals surface area contributed by atoms with E-state index in [1.54, 1.807) is 0 Å². The molecule has 1 aromatic heterocycles. The van der Waals surface area contributed by atoms with Crippen molar-refractivity contribution in [3.63, 3.8) is 0 Å². The van der Waals surface area contributed by atoms with Crippen LogP contribution in [0.2, 0.25) is 0 Å². The molecule has 0 fully saturated rings. The highest BCUT2D eigenvalue weighted by molar-refractivity contribution is 6.17. The van der Waals surface area contributed by atoms with Crippen molar-refractivity contribution in [1.29, 1.82) is 0 Å². The van der Waals surface area contributed by atoms with Crippen LogP contribution in [0.15, 0.2) is 4.52 Å². The lowest BCUT2D eigenvalue weighted by Crippen LogP contribution is -1.80. The number of alkyl halides is 1. The Morgan fingerprint density at radius 2 is 2.10 bits per heavy atom. The average molecular weight is 182 g/mol. The van der Waals surface area contributed by atoms with Gasteiger partial charge in [-0.05, 0) is 13.8 Å². The number of aryl methyl sites for hydroxylation is 2. The van der Waals surface area contributed by atoms with Crippen LogP contribution in [0.4, 0.5) is 0 Å². The SMILES string of the molecule is Cc1noc(C)c1CCl.Cl. The topological polar surface area (TPSA) is 26.0 Å². The molecule has 1 aromatic rings. The monoisotopic (exact) mass is 181 g/mol. The largest absolute Gasteiger partial charge is 0.361 e. The average Bonchev–Trinajstić information content (AvgIpc) is 2.12. The Hall–Kier alpha value is -0.210. The van der Waals surface area contributed by atoms with Crippen molar-refractivity contribution in [3.8, 4) is 0 Å². The van der Waals surface area contributed by atoms with E-state index >= 15 is 0 Å². The molecule has 0 atom stereocenters. The predicted octanol–water partition coefficient (Wildman–Crippen LogP) is 2.45. The van der Waals surface area contributed by atoms with Gasteiger partial charge in [0, 0.05) is 5.56 Å². The Bertz CT molecular complexity index is 190. The number of aromatic nitrogens is 1. The molecule has 0 saturated carbocycles. The quantitative estimate of drug-likeness (QED) is 0.623. The Kier molecular flexibility index (Phi) is 3.76. The first-order chi connectivity index (χ1) is 4.25. The first kappa shape index (κ1) is 9.79. The maximum Gasteiger partial charge on any atom is 0.138 e. The van der Waals surface area contributed by atoms with Crippen LogP contribution < -0.4 is 0 Å². The van der Waals surface area contributed by atoms with Gasteiger partial charge in [-0.15, -0.1) is 24.0 Å². The molecule has 0 saturated heterocycles. The number of hydrogen-bond donors (Lipinski definition) is 0. The summed E-state index contributed by atoms with van der Waals surface area (Å²) in [4.78, 5) is 0. The maximum atomic E-state index is 5.58. The van der Waals surface area contributed by atoms with Gasteiger partial charge in [-0.2, -0.15) is 0 Å². The molecule has 0 unspecified atom stereocenters. The van der Waals surface area contributed by atoms with E-state index in [4.69, 9.17) is 16.1 Å². The van der Waals surface area contributed by atoms with E-state index in [1.165, 1.54) is 0 Å². The summed E-state index contributed by atoms with van der Waals surface area (Å²) in [6, 6.07) is 0. The Morgan fingerprint density at radius 1 is 1.50 bits per heavy atom. The second-order valence-corrected chi connectivity index (χ2v) is 2.20. The van der Waals surface area contributed by atoms with Gasteiger partial charge in [0.1, 0.15) is 5.76 Å². The minimum absolute atomic E-state index is 0. The summed E-state index contributed by atoms with van der Waals surface area (Å²) in [5, 5.41) is 3.73. The van der Waals surface area contributed by atoms with Crippen molar-refractivity contribution in [2.75, 3.05) is 0 Å². The van der Waals surface area contributed by atoms with E-state index in [0.29, 0.717) is 5.88 Å². The third kappa shape index (κ3) is 1.64. The van der Waals surface area contributed by atoms with Crippen LogP contribution in [-0.2, 0) is 5.88 Å². The molecule has 1 heterocycles. The molecule has 58 valence electrons. The summed E-state index contributed by atoms with van der Waals surface area (Å²) in [6.45, 7) is 3.74. The fourth-order valence-electron chi connectivity index (χ4n) is 0.693. The Morgan fingerprint density at radius 3 is 2.30 bits per heavy atom. The van der Waals surface area contributed by atoms with Gasteiger partial charge in [0.25, 0.3) is 0 Å². The zero-order chi connectivity index (χ0) is 6.85. The van der Waals surface area contributed by atoms with E-state index in [0.717, 1.165) is 17.0 Å². The highest BCUT2D eigenvalue weighted by Crippen LogP contribution is 2.13. The molecule has 0 amide bonds. The Labute approximate surface area is 70.9 Å². The van der Waals surface area contributed by atoms with Crippen LogP contribution >= 0.6 is 24.0 Å². The fourth-order valence-corrected chi connectivity index (χ4v) is 1.07. The molecular weight excluding hydrogens is 173 g/mol. The van der Waals surface area contributed by atoms with Crippen LogP contribution in [0, 0.1) is 13.8 Å². The lowest BCUT2D eigenvalue weighted by molar-refractivity contribution is 0.392. The van der Waals surface area contributed by atoms with E-state index in [-0.39, 0.29) is 12.4 Å². The minimum Gasteiger partial charge on any atom is -0.361 e. The van der Waals surface area contributed by atoms with Crippen molar-refractivity contribution >= 4 is 24.0 Å². The van der Waals surface area contributed by atoms with Crippen LogP contribution in [0.3, 0.4) is 0 Å². The van der Waals surface area contributed by atoms with Crippen molar-refractivity contribution in [1.82, 2.24) is 5.16 Å². The van der Waals surface area contributed by atoms with E-state index in [2.05, 4.69) is 5.16 Å². The van der Waals surface area contributed by atoms with Crippen LogP contribution in [-0.4, -0.2) is 5.16 Å². The third-order valence-electron chi connectivity index (χ3n) is 1.31. The zero-order valence-electron chi connectivity index (χ0n) is 5.85. The second-order valence-electron chi connectivity index (χ2n) is 1.94. The summed E-state index contributed by atoms with van der Waals surface area (Å²) in [5.74, 6) is 1.31. The maximum absolute atomic E-state index is 5.58. The smallest absolute Gasteiger partial charge is 0.138 e. The molecule has 4 heteroatoms. The van der Waals surface area contributed by atoms with Gasteiger partial charge in [-0.1, -0.05) is 5.16 Å². The van der Waals surface area contributed by atoms with Gasteiger partial charge >= 0.3 is 0 Å². The normalized spacial score (nSPS) is 9.10. The van der Waals surface area contributed by atoms with Crippen LogP contribution in [0.25, 0.3) is 0 Å². The van der Waals surface area contributed by atoms with Crippen LogP contribution in [0.1, 0.15) is 17.0 Å². The summed E-state index contributed by atoms with van der Waals surface area (Å²) < 4.78 is 4.85. The molecular formula is C6H9Cl2NO. The van der Waals surface area contributed by atoms with Gasteiger partial charge in [0.05, 0.1) is 11.6 Å². The number of hydrogen-bond acceptors (Lipinski definition) is 2. The standard InChI is InChI=1S/C6H8ClNO.ClH/c1-4-6(3-7)5(2)9-8-4;/h3H2,1-2H3;1H. The molecule has 0 bridgehead atoms. The summed E-state index contributed by atoms with van der Waals surface area (Å²) in [5.41, 5.74) is 1.90. The molecule has 0 aliphatic rings. The second kappa shape index (κ2) is 3.84. The molecule has 0 aliphatic heterocycles. The zero-order valence-corrected chi connectivity index (χ0v) is 7.42. The summed E-state index contributed by atoms with van der Waals surface area (Å²) in [6.07, 6.45) is 0. The van der Waals surface area contributed by atoms with Crippen molar-refractivity contribution in [2.45, 2.75) is 19.7 Å². The first-order valence-corrected chi connectivity index (χ1v) is 3.27. The first-order valence-electron chi connectivity index (χ1n) is 2.73. The number of halogens is 2. The molecule has 0 N–H and O–H groups in total. The molecule has 0 spiro atoms. The van der Waals surface area contributed by atoms with Gasteiger partial charge in [-0.25, -0.2) is 0 Å². The van der Waals surface area contributed by atoms with E-state index in [1.807, 2.05) is 13.8 Å². The molecule has 1 rings (SSSR count). The number of nitrogens with zero attached hydrogens (tertiary/aromatic N) is 1. The van der Waals surface area contributed by atoms with Gasteiger partial charge in [0.15, 0.2) is 0 Å². The summed E-state index contributed by atoms with van der Waals surface area (Å²) in [7, 11) is 0. The molecule has 2 nitrogen and oxygen atoms in total. The molecule has 0 radical (unpaired) electrons. The van der Waals surface area contributed by atoms with Gasteiger partial charge in [-0.3, -0.25) is 0 Å². The highest BCUT2D eigenvalue weighted by atomic mass is 35.5. The number of rotatable bonds is 1. The van der Waals surface area contributed by atoms with Crippen LogP contribution in [0.5, 0.6) is 0 Å². The Balaban J connectivity index is 0.000000810. The van der Waals surface area contributed by atoms with Crippen molar-refractivity contribution in [2.24, 2.45) is 0 Å². The van der Waals surface area contributed by atoms with Gasteiger partial charge in [0.2, 0.25) is 0 Å². The van der Waals surface area contributed by atoms with Crippen molar-refractivity contribution < 1.29 is 4.52 Å². The minimum atomic E-state index is 0. The fraction of sp³-hybridized carbons (Fsp3) is 0.500. The molecule has 0 aliphatic carbocycles. The highest BCUT2D eigenvalue weighted by Gasteiger charge is 2.05. The van der Waals surface area contributed by atoms with E-state index < -0.39 is 0 Å². The molecule has 0 aromatic carbocycles. The predicted molar refractivity (Wildman–Crippen MR) is 42.8 cm³/mol. The van der Waals surface area contributed by atoms with E-state index in [9.17, 15) is 0 Å². The third-order valence-corrected chi connectivity index (χ3v) is 1.58. The van der Waals surface area contributed by atoms with Gasteiger partial charge < -0.3 is 4.52 Å². The lowest BCUT2D eigenvalue weighted by atomic mass is 10.2. The lowest BCUT2D eigenvalue weighted by Gasteiger charge is -1.86. The van der Waals surface area contributed by atoms with Crippen molar-refractivity contribution in [3.05, 3.63) is 17.0 Å². The summed E-state index contributed by atoms with van der Waals surface area (Å²) >= 11 is 5.58. The molecule has 10 heavy (non-hydrogen) atoms.